The minimum absolute atomic E-state index is 0.212. The van der Waals surface area contributed by atoms with Gasteiger partial charge in [0, 0.05) is 10.7 Å². The van der Waals surface area contributed by atoms with Crippen LogP contribution in [0.5, 0.6) is 0 Å². The van der Waals surface area contributed by atoms with Crippen molar-refractivity contribution in [3.05, 3.63) is 32.9 Å². The maximum atomic E-state index is 13.3. The number of Topliss-reactive ketones (excluding diaryl/α,β-unsaturated/α-hetero) is 1. The summed E-state index contributed by atoms with van der Waals surface area (Å²) in [5, 5.41) is 0. The maximum absolute atomic E-state index is 13.3. The predicted octanol–water partition coefficient (Wildman–Crippen LogP) is 2.40. The summed E-state index contributed by atoms with van der Waals surface area (Å²) in [6.45, 7) is -0.325. The van der Waals surface area contributed by atoms with Gasteiger partial charge < -0.3 is 4.74 Å². The van der Waals surface area contributed by atoms with E-state index in [0.717, 1.165) is 6.07 Å². The Labute approximate surface area is 93.4 Å². The van der Waals surface area contributed by atoms with E-state index in [1.807, 2.05) is 0 Å². The number of hydrogen-bond donors (Lipinski definition) is 0. The first kappa shape index (κ1) is 11.5. The van der Waals surface area contributed by atoms with Crippen LogP contribution in [0, 0.1) is 15.2 Å². The van der Waals surface area contributed by atoms with Crippen molar-refractivity contribution in [3.63, 3.8) is 0 Å². The van der Waals surface area contributed by atoms with Gasteiger partial charge in [-0.1, -0.05) is 0 Å². The largest absolute Gasteiger partial charge is 0.377 e. The molecule has 14 heavy (non-hydrogen) atoms. The molecule has 0 spiro atoms. The van der Waals surface area contributed by atoms with Crippen LogP contribution in [0.1, 0.15) is 10.4 Å². The van der Waals surface area contributed by atoms with Crippen molar-refractivity contribution in [2.45, 2.75) is 0 Å². The van der Waals surface area contributed by atoms with Crippen LogP contribution in [0.3, 0.4) is 0 Å². The zero-order valence-corrected chi connectivity index (χ0v) is 9.47. The van der Waals surface area contributed by atoms with E-state index in [9.17, 15) is 13.6 Å². The van der Waals surface area contributed by atoms with E-state index in [1.165, 1.54) is 13.2 Å². The molecule has 5 heteroatoms. The summed E-state index contributed by atoms with van der Waals surface area (Å²) in [5.41, 5.74) is -0.529. The lowest BCUT2D eigenvalue weighted by Gasteiger charge is -2.04. The molecule has 0 amide bonds. The smallest absolute Gasteiger partial charge is 0.194 e. The van der Waals surface area contributed by atoms with Crippen molar-refractivity contribution < 1.29 is 18.3 Å². The van der Waals surface area contributed by atoms with Gasteiger partial charge in [-0.15, -0.1) is 0 Å². The van der Waals surface area contributed by atoms with Gasteiger partial charge in [-0.2, -0.15) is 0 Å². The molecular formula is C9H7F2IO2. The summed E-state index contributed by atoms with van der Waals surface area (Å²) in [5.74, 6) is -2.38. The molecule has 0 N–H and O–H groups in total. The van der Waals surface area contributed by atoms with Crippen LogP contribution in [0.15, 0.2) is 12.1 Å². The van der Waals surface area contributed by atoms with Crippen molar-refractivity contribution in [1.29, 1.82) is 0 Å². The first-order chi connectivity index (χ1) is 6.57. The minimum Gasteiger partial charge on any atom is -0.377 e. The number of ketones is 1. The summed E-state index contributed by atoms with van der Waals surface area (Å²) >= 11 is 1.69. The molecule has 0 fully saturated rings. The lowest BCUT2D eigenvalue weighted by atomic mass is 10.1. The zero-order chi connectivity index (χ0) is 10.7. The molecule has 0 atom stereocenters. The third-order valence-corrected chi connectivity index (χ3v) is 2.43. The standard InChI is InChI=1S/C9H7F2IO2/c1-14-4-7(13)8-5(10)2-3-6(12)9(8)11/h2-3H,4H2,1H3. The van der Waals surface area contributed by atoms with Crippen LogP contribution < -0.4 is 0 Å². The number of carbonyl (C=O) groups is 1. The van der Waals surface area contributed by atoms with Crippen LogP contribution in [0.4, 0.5) is 8.78 Å². The van der Waals surface area contributed by atoms with Crippen LogP contribution in [-0.2, 0) is 4.74 Å². The average Bonchev–Trinajstić information content (AvgIpc) is 2.13. The van der Waals surface area contributed by atoms with E-state index in [-0.39, 0.29) is 10.2 Å². The second-order valence-corrected chi connectivity index (χ2v) is 3.74. The van der Waals surface area contributed by atoms with E-state index in [0.29, 0.717) is 0 Å². The van der Waals surface area contributed by atoms with Crippen LogP contribution >= 0.6 is 22.6 Å². The molecule has 76 valence electrons. The van der Waals surface area contributed by atoms with E-state index >= 15 is 0 Å². The lowest BCUT2D eigenvalue weighted by molar-refractivity contribution is 0.0839. The number of methoxy groups -OCH3 is 1. The van der Waals surface area contributed by atoms with Crippen molar-refractivity contribution in [1.82, 2.24) is 0 Å². The molecule has 0 unspecified atom stereocenters. The highest BCUT2D eigenvalue weighted by Gasteiger charge is 2.18. The third-order valence-electron chi connectivity index (χ3n) is 1.60. The first-order valence-corrected chi connectivity index (χ1v) is 4.81. The number of ether oxygens (including phenoxy) is 1. The van der Waals surface area contributed by atoms with Gasteiger partial charge in [0.1, 0.15) is 18.2 Å². The number of halogens is 3. The van der Waals surface area contributed by atoms with Crippen molar-refractivity contribution >= 4 is 28.4 Å². The molecule has 0 radical (unpaired) electrons. The predicted molar refractivity (Wildman–Crippen MR) is 55.3 cm³/mol. The van der Waals surface area contributed by atoms with Gasteiger partial charge >= 0.3 is 0 Å². The number of rotatable bonds is 3. The summed E-state index contributed by atoms with van der Waals surface area (Å²) in [4.78, 5) is 11.2. The fraction of sp³-hybridized carbons (Fsp3) is 0.222. The monoisotopic (exact) mass is 312 g/mol. The van der Waals surface area contributed by atoms with Gasteiger partial charge in [0.2, 0.25) is 0 Å². The molecule has 0 saturated carbocycles. The van der Waals surface area contributed by atoms with E-state index < -0.39 is 23.0 Å². The van der Waals surface area contributed by atoms with Crippen LogP contribution in [0.2, 0.25) is 0 Å². The fourth-order valence-electron chi connectivity index (χ4n) is 0.986. The summed E-state index contributed by atoms with van der Waals surface area (Å²) in [6.07, 6.45) is 0. The molecule has 0 aliphatic heterocycles. The van der Waals surface area contributed by atoms with Crippen molar-refractivity contribution in [2.24, 2.45) is 0 Å². The topological polar surface area (TPSA) is 26.3 Å². The van der Waals surface area contributed by atoms with E-state index in [1.54, 1.807) is 22.6 Å². The van der Waals surface area contributed by atoms with E-state index in [4.69, 9.17) is 0 Å². The first-order valence-electron chi connectivity index (χ1n) is 3.73. The Morgan fingerprint density at radius 1 is 1.50 bits per heavy atom. The highest BCUT2D eigenvalue weighted by molar-refractivity contribution is 14.1. The third kappa shape index (κ3) is 2.27. The van der Waals surface area contributed by atoms with Crippen molar-refractivity contribution in [3.8, 4) is 0 Å². The van der Waals surface area contributed by atoms with Crippen LogP contribution in [0.25, 0.3) is 0 Å². The van der Waals surface area contributed by atoms with Gasteiger partial charge in [0.25, 0.3) is 0 Å². The normalized spacial score (nSPS) is 10.3. The quantitative estimate of drug-likeness (QED) is 0.487. The second kappa shape index (κ2) is 4.79. The Morgan fingerprint density at radius 2 is 2.14 bits per heavy atom. The van der Waals surface area contributed by atoms with Crippen LogP contribution in [-0.4, -0.2) is 19.5 Å². The molecule has 0 saturated heterocycles. The molecule has 0 aliphatic rings. The highest BCUT2D eigenvalue weighted by atomic mass is 127. The Hall–Kier alpha value is -0.560. The lowest BCUT2D eigenvalue weighted by Crippen LogP contribution is -2.12. The number of hydrogen-bond acceptors (Lipinski definition) is 2. The van der Waals surface area contributed by atoms with Gasteiger partial charge in [0.05, 0.1) is 5.56 Å². The zero-order valence-electron chi connectivity index (χ0n) is 7.31. The molecule has 1 rings (SSSR count). The maximum Gasteiger partial charge on any atom is 0.194 e. The second-order valence-electron chi connectivity index (χ2n) is 2.57. The van der Waals surface area contributed by atoms with E-state index in [2.05, 4.69) is 4.74 Å². The van der Waals surface area contributed by atoms with Gasteiger partial charge in [-0.25, -0.2) is 8.78 Å². The average molecular weight is 312 g/mol. The molecule has 0 aromatic heterocycles. The fourth-order valence-corrected chi connectivity index (χ4v) is 1.44. The molecule has 2 nitrogen and oxygen atoms in total. The molecule has 0 heterocycles. The molecule has 1 aromatic carbocycles. The Balaban J connectivity index is 3.18. The van der Waals surface area contributed by atoms with Gasteiger partial charge in [-0.05, 0) is 34.7 Å². The van der Waals surface area contributed by atoms with Gasteiger partial charge in [-0.3, -0.25) is 4.79 Å². The Kier molecular flexibility index (Phi) is 3.94. The molecule has 0 aliphatic carbocycles. The SMILES string of the molecule is COCC(=O)c1c(F)ccc(I)c1F. The minimum atomic E-state index is -0.857. The summed E-state index contributed by atoms with van der Waals surface area (Å²) < 4.78 is 31.1. The Bertz CT molecular complexity index is 366. The molecule has 1 aromatic rings. The van der Waals surface area contributed by atoms with Crippen molar-refractivity contribution in [2.75, 3.05) is 13.7 Å². The highest BCUT2D eigenvalue weighted by Crippen LogP contribution is 2.18. The summed E-state index contributed by atoms with van der Waals surface area (Å²) in [7, 11) is 1.29. The number of benzene rings is 1. The van der Waals surface area contributed by atoms with Gasteiger partial charge in [0.15, 0.2) is 5.78 Å². The molecule has 0 bridgehead atoms. The number of carbonyl (C=O) groups excluding carboxylic acids is 1. The Morgan fingerprint density at radius 3 is 2.71 bits per heavy atom. The summed E-state index contributed by atoms with van der Waals surface area (Å²) in [6, 6.07) is 2.34. The molecular weight excluding hydrogens is 305 g/mol.